The van der Waals surface area contributed by atoms with Crippen molar-refractivity contribution in [2.45, 2.75) is 39.0 Å². The molecule has 0 radical (unpaired) electrons. The van der Waals surface area contributed by atoms with E-state index in [0.29, 0.717) is 24.2 Å². The summed E-state index contributed by atoms with van der Waals surface area (Å²) in [6, 6.07) is 16.5. The molecule has 5 heteroatoms. The van der Waals surface area contributed by atoms with Crippen molar-refractivity contribution < 1.29 is 19.1 Å². The predicted octanol–water partition coefficient (Wildman–Crippen LogP) is 4.37. The van der Waals surface area contributed by atoms with Crippen LogP contribution >= 0.6 is 0 Å². The Labute approximate surface area is 171 Å². The first kappa shape index (κ1) is 20.8. The standard InChI is InChI=1S/C24H27NO4/c1-3-17(2)23(18-9-5-4-6-10-18)24(28)29-16-21(26)19-11-7-12-20(15-19)25-14-8-13-22(25)27/h4-7,9-12,15,17,23H,3,8,13-14,16H2,1-2H3/t17-,23-/m1/s1. The number of amides is 1. The van der Waals surface area contributed by atoms with E-state index < -0.39 is 5.92 Å². The number of hydrogen-bond donors (Lipinski definition) is 0. The molecule has 0 aliphatic carbocycles. The van der Waals surface area contributed by atoms with Crippen LogP contribution in [-0.4, -0.2) is 30.8 Å². The first-order valence-corrected chi connectivity index (χ1v) is 10.2. The van der Waals surface area contributed by atoms with Crippen LogP contribution < -0.4 is 4.90 Å². The van der Waals surface area contributed by atoms with Crippen LogP contribution in [0.4, 0.5) is 5.69 Å². The summed E-state index contributed by atoms with van der Waals surface area (Å²) in [6.07, 6.45) is 2.19. The molecule has 5 nitrogen and oxygen atoms in total. The molecule has 1 fully saturated rings. The normalized spacial score (nSPS) is 15.8. The second-order valence-corrected chi connectivity index (χ2v) is 7.50. The van der Waals surface area contributed by atoms with Gasteiger partial charge < -0.3 is 9.64 Å². The molecule has 0 unspecified atom stereocenters. The van der Waals surface area contributed by atoms with E-state index in [1.807, 2.05) is 50.2 Å². The van der Waals surface area contributed by atoms with E-state index in [0.717, 1.165) is 18.4 Å². The van der Waals surface area contributed by atoms with Gasteiger partial charge in [-0.25, -0.2) is 0 Å². The molecule has 0 spiro atoms. The second-order valence-electron chi connectivity index (χ2n) is 7.50. The summed E-state index contributed by atoms with van der Waals surface area (Å²) in [4.78, 5) is 39.0. The first-order valence-electron chi connectivity index (χ1n) is 10.2. The number of rotatable bonds is 8. The second kappa shape index (κ2) is 9.50. The topological polar surface area (TPSA) is 63.7 Å². The number of ketones is 1. The predicted molar refractivity (Wildman–Crippen MR) is 112 cm³/mol. The average molecular weight is 393 g/mol. The van der Waals surface area contributed by atoms with Gasteiger partial charge in [-0.05, 0) is 30.0 Å². The number of Topliss-reactive ketones (excluding diaryl/α,β-unsaturated/α-hetero) is 1. The number of carbonyl (C=O) groups is 3. The lowest BCUT2D eigenvalue weighted by Gasteiger charge is -2.22. The van der Waals surface area contributed by atoms with E-state index in [-0.39, 0.29) is 30.2 Å². The molecule has 0 N–H and O–H groups in total. The van der Waals surface area contributed by atoms with Crippen LogP contribution in [0, 0.1) is 5.92 Å². The zero-order valence-electron chi connectivity index (χ0n) is 17.0. The number of hydrogen-bond acceptors (Lipinski definition) is 4. The van der Waals surface area contributed by atoms with Crippen LogP contribution in [0.5, 0.6) is 0 Å². The van der Waals surface area contributed by atoms with Crippen LogP contribution in [0.15, 0.2) is 54.6 Å². The fraction of sp³-hybridized carbons (Fsp3) is 0.375. The highest BCUT2D eigenvalue weighted by Crippen LogP contribution is 2.28. The molecule has 0 bridgehead atoms. The Hall–Kier alpha value is -2.95. The summed E-state index contributed by atoms with van der Waals surface area (Å²) in [5.41, 5.74) is 2.05. The Morgan fingerprint density at radius 2 is 1.86 bits per heavy atom. The molecule has 3 rings (SSSR count). The maximum atomic E-state index is 12.8. The Morgan fingerprint density at radius 1 is 1.10 bits per heavy atom. The first-order chi connectivity index (χ1) is 14.0. The number of ether oxygens (including phenoxy) is 1. The fourth-order valence-electron chi connectivity index (χ4n) is 3.67. The monoisotopic (exact) mass is 393 g/mol. The molecule has 152 valence electrons. The van der Waals surface area contributed by atoms with Crippen molar-refractivity contribution in [3.05, 3.63) is 65.7 Å². The van der Waals surface area contributed by atoms with Crippen LogP contribution in [0.25, 0.3) is 0 Å². The molecule has 1 aliphatic rings. The lowest BCUT2D eigenvalue weighted by atomic mass is 9.85. The van der Waals surface area contributed by atoms with E-state index in [1.54, 1.807) is 23.1 Å². The van der Waals surface area contributed by atoms with Gasteiger partial charge in [0.2, 0.25) is 5.91 Å². The molecule has 0 saturated carbocycles. The molecule has 2 aromatic rings. The molecule has 0 aromatic heterocycles. The molecule has 1 saturated heterocycles. The number of benzene rings is 2. The van der Waals surface area contributed by atoms with E-state index >= 15 is 0 Å². The third-order valence-corrected chi connectivity index (χ3v) is 5.52. The molecule has 1 aliphatic heterocycles. The van der Waals surface area contributed by atoms with Gasteiger partial charge in [-0.15, -0.1) is 0 Å². The van der Waals surface area contributed by atoms with E-state index in [9.17, 15) is 14.4 Å². The minimum Gasteiger partial charge on any atom is -0.457 e. The summed E-state index contributed by atoms with van der Waals surface area (Å²) in [5.74, 6) is -0.889. The molecular formula is C24H27NO4. The maximum Gasteiger partial charge on any atom is 0.314 e. The largest absolute Gasteiger partial charge is 0.457 e. The van der Waals surface area contributed by atoms with E-state index in [2.05, 4.69) is 0 Å². The van der Waals surface area contributed by atoms with Crippen LogP contribution in [0.3, 0.4) is 0 Å². The van der Waals surface area contributed by atoms with Gasteiger partial charge in [0.15, 0.2) is 12.4 Å². The van der Waals surface area contributed by atoms with Crippen LogP contribution in [0.1, 0.15) is 54.9 Å². The van der Waals surface area contributed by atoms with Crippen molar-refractivity contribution in [2.75, 3.05) is 18.1 Å². The van der Waals surface area contributed by atoms with Gasteiger partial charge in [-0.2, -0.15) is 0 Å². The molecule has 29 heavy (non-hydrogen) atoms. The molecule has 2 aromatic carbocycles. The Balaban J connectivity index is 1.68. The number of nitrogens with zero attached hydrogens (tertiary/aromatic N) is 1. The third kappa shape index (κ3) is 4.91. The van der Waals surface area contributed by atoms with Gasteiger partial charge in [0.25, 0.3) is 0 Å². The van der Waals surface area contributed by atoms with Crippen molar-refractivity contribution in [1.82, 2.24) is 0 Å². The van der Waals surface area contributed by atoms with Crippen LogP contribution in [0.2, 0.25) is 0 Å². The van der Waals surface area contributed by atoms with Gasteiger partial charge in [0.1, 0.15) is 0 Å². The highest BCUT2D eigenvalue weighted by atomic mass is 16.5. The highest BCUT2D eigenvalue weighted by molar-refractivity contribution is 6.01. The van der Waals surface area contributed by atoms with E-state index in [4.69, 9.17) is 4.74 Å². The summed E-state index contributed by atoms with van der Waals surface area (Å²) >= 11 is 0. The van der Waals surface area contributed by atoms with Crippen molar-refractivity contribution in [3.8, 4) is 0 Å². The van der Waals surface area contributed by atoms with Gasteiger partial charge >= 0.3 is 5.97 Å². The lowest BCUT2D eigenvalue weighted by molar-refractivity contribution is -0.145. The van der Waals surface area contributed by atoms with Gasteiger partial charge in [0.05, 0.1) is 5.92 Å². The third-order valence-electron chi connectivity index (χ3n) is 5.52. The molecule has 1 amide bonds. The lowest BCUT2D eigenvalue weighted by Crippen LogP contribution is -2.25. The Bertz CT molecular complexity index is 877. The molecule has 2 atom stereocenters. The Morgan fingerprint density at radius 3 is 2.52 bits per heavy atom. The number of carbonyl (C=O) groups excluding carboxylic acids is 3. The number of esters is 1. The maximum absolute atomic E-state index is 12.8. The summed E-state index contributed by atoms with van der Waals surface area (Å²) in [5, 5.41) is 0. The van der Waals surface area contributed by atoms with Crippen molar-refractivity contribution in [1.29, 1.82) is 0 Å². The zero-order valence-corrected chi connectivity index (χ0v) is 17.0. The van der Waals surface area contributed by atoms with E-state index in [1.165, 1.54) is 0 Å². The fourth-order valence-corrected chi connectivity index (χ4v) is 3.67. The van der Waals surface area contributed by atoms with Gasteiger partial charge in [-0.1, -0.05) is 62.7 Å². The summed E-state index contributed by atoms with van der Waals surface area (Å²) in [7, 11) is 0. The quantitative estimate of drug-likeness (QED) is 0.493. The van der Waals surface area contributed by atoms with Gasteiger partial charge in [-0.3, -0.25) is 14.4 Å². The van der Waals surface area contributed by atoms with Crippen molar-refractivity contribution in [3.63, 3.8) is 0 Å². The van der Waals surface area contributed by atoms with Crippen LogP contribution in [-0.2, 0) is 14.3 Å². The average Bonchev–Trinajstić information content (AvgIpc) is 3.18. The smallest absolute Gasteiger partial charge is 0.314 e. The SMILES string of the molecule is CC[C@@H](C)[C@@H](C(=O)OCC(=O)c1cccc(N2CCCC2=O)c1)c1ccccc1. The number of anilines is 1. The Kier molecular flexibility index (Phi) is 6.81. The molecule has 1 heterocycles. The summed E-state index contributed by atoms with van der Waals surface area (Å²) < 4.78 is 5.42. The minimum atomic E-state index is -0.400. The molecular weight excluding hydrogens is 366 g/mol. The highest BCUT2D eigenvalue weighted by Gasteiger charge is 2.28. The summed E-state index contributed by atoms with van der Waals surface area (Å²) in [6.45, 7) is 4.40. The zero-order chi connectivity index (χ0) is 20.8. The van der Waals surface area contributed by atoms with Gasteiger partial charge in [0, 0.05) is 24.2 Å². The van der Waals surface area contributed by atoms with Crippen molar-refractivity contribution in [2.24, 2.45) is 5.92 Å². The van der Waals surface area contributed by atoms with Crippen molar-refractivity contribution >= 4 is 23.3 Å². The minimum absolute atomic E-state index is 0.0697.